The molecule has 1 N–H and O–H groups in total. The van der Waals surface area contributed by atoms with Crippen LogP contribution < -0.4 is 4.74 Å². The van der Waals surface area contributed by atoms with Crippen LogP contribution in [0.5, 0.6) is 5.75 Å². The van der Waals surface area contributed by atoms with Crippen molar-refractivity contribution in [2.75, 3.05) is 33.8 Å². The second-order valence-corrected chi connectivity index (χ2v) is 8.77. The van der Waals surface area contributed by atoms with Crippen LogP contribution in [0.25, 0.3) is 5.76 Å². The average molecular weight is 438 g/mol. The zero-order valence-electron chi connectivity index (χ0n) is 19.3. The number of nitrogens with zero attached hydrogens (tertiary/aromatic N) is 3. The van der Waals surface area contributed by atoms with Gasteiger partial charge in [0.05, 0.1) is 18.2 Å². The highest BCUT2D eigenvalue weighted by atomic mass is 16.5. The summed E-state index contributed by atoms with van der Waals surface area (Å²) in [6, 6.07) is 8.15. The summed E-state index contributed by atoms with van der Waals surface area (Å²) >= 11 is 0. The number of benzene rings is 1. The van der Waals surface area contributed by atoms with Crippen LogP contribution in [-0.2, 0) is 9.59 Å². The molecule has 2 aromatic rings. The molecule has 7 nitrogen and oxygen atoms in total. The van der Waals surface area contributed by atoms with E-state index in [1.807, 2.05) is 32.0 Å². The number of ether oxygens (including phenoxy) is 1. The summed E-state index contributed by atoms with van der Waals surface area (Å²) in [5.74, 6) is -0.377. The number of pyridine rings is 1. The Morgan fingerprint density at radius 2 is 2.00 bits per heavy atom. The van der Waals surface area contributed by atoms with Gasteiger partial charge in [-0.25, -0.2) is 0 Å². The van der Waals surface area contributed by atoms with Crippen LogP contribution in [0.2, 0.25) is 0 Å². The molecule has 0 saturated carbocycles. The number of amides is 1. The fraction of sp³-hybridized carbons (Fsp3) is 0.400. The largest absolute Gasteiger partial charge is 0.507 e. The molecule has 1 atom stereocenters. The van der Waals surface area contributed by atoms with Crippen LogP contribution >= 0.6 is 0 Å². The highest BCUT2D eigenvalue weighted by molar-refractivity contribution is 6.46. The zero-order chi connectivity index (χ0) is 23.4. The number of rotatable bonds is 8. The van der Waals surface area contributed by atoms with Crippen molar-refractivity contribution >= 4 is 17.4 Å². The monoisotopic (exact) mass is 437 g/mol. The summed E-state index contributed by atoms with van der Waals surface area (Å²) in [7, 11) is 3.81. The Bertz CT molecular complexity index is 1020. The van der Waals surface area contributed by atoms with E-state index in [-0.39, 0.29) is 11.3 Å². The third kappa shape index (κ3) is 4.99. The van der Waals surface area contributed by atoms with Gasteiger partial charge in [0.15, 0.2) is 0 Å². The van der Waals surface area contributed by atoms with Crippen molar-refractivity contribution in [3.8, 4) is 5.75 Å². The zero-order valence-corrected chi connectivity index (χ0v) is 19.3. The molecule has 3 rings (SSSR count). The maximum absolute atomic E-state index is 13.0. The molecule has 0 aliphatic carbocycles. The van der Waals surface area contributed by atoms with Gasteiger partial charge in [0.25, 0.3) is 11.7 Å². The van der Waals surface area contributed by atoms with Gasteiger partial charge in [-0.15, -0.1) is 0 Å². The SMILES string of the molecule is Cc1cc(/C(O)=C2/C(=O)C(=O)N(CCN(C)C)C2c2cccnc2)ccc1OCC(C)C. The van der Waals surface area contributed by atoms with Crippen LogP contribution in [-0.4, -0.2) is 65.4 Å². The first kappa shape index (κ1) is 23.5. The lowest BCUT2D eigenvalue weighted by Gasteiger charge is -2.26. The van der Waals surface area contributed by atoms with E-state index in [9.17, 15) is 14.7 Å². The van der Waals surface area contributed by atoms with Crippen molar-refractivity contribution in [2.45, 2.75) is 26.8 Å². The van der Waals surface area contributed by atoms with Gasteiger partial charge in [-0.05, 0) is 62.3 Å². The van der Waals surface area contributed by atoms with Crippen molar-refractivity contribution in [2.24, 2.45) is 5.92 Å². The highest BCUT2D eigenvalue weighted by Crippen LogP contribution is 2.39. The van der Waals surface area contributed by atoms with Crippen molar-refractivity contribution in [3.05, 3.63) is 65.0 Å². The predicted octanol–water partition coefficient (Wildman–Crippen LogP) is 3.41. The number of aryl methyl sites for hydroxylation is 1. The van der Waals surface area contributed by atoms with Gasteiger partial charge >= 0.3 is 0 Å². The summed E-state index contributed by atoms with van der Waals surface area (Å²) in [4.78, 5) is 33.5. The minimum absolute atomic E-state index is 0.0806. The van der Waals surface area contributed by atoms with Crippen molar-refractivity contribution in [1.82, 2.24) is 14.8 Å². The molecule has 1 aliphatic heterocycles. The molecule has 1 aliphatic rings. The maximum Gasteiger partial charge on any atom is 0.295 e. The summed E-state index contributed by atoms with van der Waals surface area (Å²) in [6.45, 7) is 7.57. The van der Waals surface area contributed by atoms with Crippen LogP contribution in [0.15, 0.2) is 48.3 Å². The van der Waals surface area contributed by atoms with Gasteiger partial charge in [-0.2, -0.15) is 0 Å². The standard InChI is InChI=1S/C25H31N3O4/c1-16(2)15-32-20-9-8-18(13-17(20)3)23(29)21-22(19-7-6-10-26-14-19)28(12-11-27(4)5)25(31)24(21)30/h6-10,13-14,16,22,29H,11-12,15H2,1-5H3/b23-21-. The first-order chi connectivity index (χ1) is 15.2. The first-order valence-electron chi connectivity index (χ1n) is 10.8. The Balaban J connectivity index is 2.05. The molecule has 0 radical (unpaired) electrons. The molecule has 1 aromatic heterocycles. The minimum Gasteiger partial charge on any atom is -0.507 e. The number of aliphatic hydroxyl groups is 1. The predicted molar refractivity (Wildman–Crippen MR) is 123 cm³/mol. The van der Waals surface area contributed by atoms with Gasteiger partial charge in [-0.3, -0.25) is 14.6 Å². The molecule has 0 spiro atoms. The van der Waals surface area contributed by atoms with Gasteiger partial charge in [-0.1, -0.05) is 19.9 Å². The topological polar surface area (TPSA) is 83.0 Å². The fourth-order valence-corrected chi connectivity index (χ4v) is 3.67. The lowest BCUT2D eigenvalue weighted by Crippen LogP contribution is -2.35. The summed E-state index contributed by atoms with van der Waals surface area (Å²) < 4.78 is 5.82. The lowest BCUT2D eigenvalue weighted by atomic mass is 9.95. The Morgan fingerprint density at radius 3 is 2.59 bits per heavy atom. The number of carbonyl (C=O) groups is 2. The average Bonchev–Trinajstić information content (AvgIpc) is 3.01. The van der Waals surface area contributed by atoms with Gasteiger partial charge in [0, 0.05) is 31.0 Å². The first-order valence-corrected chi connectivity index (χ1v) is 10.8. The van der Waals surface area contributed by atoms with Crippen molar-refractivity contribution < 1.29 is 19.4 Å². The Hall–Kier alpha value is -3.19. The summed E-state index contributed by atoms with van der Waals surface area (Å²) in [5, 5.41) is 11.2. The van der Waals surface area contributed by atoms with Crippen LogP contribution in [0.4, 0.5) is 0 Å². The number of aromatic nitrogens is 1. The maximum atomic E-state index is 13.0. The molecule has 2 heterocycles. The molecule has 32 heavy (non-hydrogen) atoms. The molecular weight excluding hydrogens is 406 g/mol. The summed E-state index contributed by atoms with van der Waals surface area (Å²) in [5.41, 5.74) is 2.07. The van der Waals surface area contributed by atoms with E-state index in [2.05, 4.69) is 18.8 Å². The van der Waals surface area contributed by atoms with E-state index in [1.54, 1.807) is 36.7 Å². The van der Waals surface area contributed by atoms with E-state index >= 15 is 0 Å². The number of hydrogen-bond acceptors (Lipinski definition) is 6. The van der Waals surface area contributed by atoms with Crippen molar-refractivity contribution in [3.63, 3.8) is 0 Å². The highest BCUT2D eigenvalue weighted by Gasteiger charge is 2.46. The molecule has 1 unspecified atom stereocenters. The van der Waals surface area contributed by atoms with Gasteiger partial charge < -0.3 is 19.6 Å². The molecule has 7 heteroatoms. The van der Waals surface area contributed by atoms with E-state index in [0.29, 0.717) is 36.7 Å². The number of carbonyl (C=O) groups excluding carboxylic acids is 2. The molecule has 0 bridgehead atoms. The summed E-state index contributed by atoms with van der Waals surface area (Å²) in [6.07, 6.45) is 3.26. The second kappa shape index (κ2) is 9.96. The fourth-order valence-electron chi connectivity index (χ4n) is 3.67. The number of likely N-dealkylation sites (N-methyl/N-ethyl adjacent to an activating group) is 1. The third-order valence-corrected chi connectivity index (χ3v) is 5.35. The second-order valence-electron chi connectivity index (χ2n) is 8.77. The number of aliphatic hydroxyl groups excluding tert-OH is 1. The Morgan fingerprint density at radius 1 is 1.25 bits per heavy atom. The number of likely N-dealkylation sites (tertiary alicyclic amines) is 1. The normalized spacial score (nSPS) is 18.1. The molecule has 1 aromatic carbocycles. The number of ketones is 1. The Labute approximate surface area is 189 Å². The van der Waals surface area contributed by atoms with Crippen LogP contribution in [0, 0.1) is 12.8 Å². The lowest BCUT2D eigenvalue weighted by molar-refractivity contribution is -0.140. The molecule has 1 saturated heterocycles. The van der Waals surface area contributed by atoms with Crippen LogP contribution in [0.1, 0.15) is 36.6 Å². The molecule has 170 valence electrons. The third-order valence-electron chi connectivity index (χ3n) is 5.35. The van der Waals surface area contributed by atoms with Crippen molar-refractivity contribution in [1.29, 1.82) is 0 Å². The smallest absolute Gasteiger partial charge is 0.295 e. The van der Waals surface area contributed by atoms with E-state index in [0.717, 1.165) is 11.3 Å². The van der Waals surface area contributed by atoms with Gasteiger partial charge in [0.1, 0.15) is 11.5 Å². The van der Waals surface area contributed by atoms with Crippen LogP contribution in [0.3, 0.4) is 0 Å². The van der Waals surface area contributed by atoms with E-state index < -0.39 is 17.7 Å². The molecular formula is C25H31N3O4. The minimum atomic E-state index is -0.694. The molecule has 1 amide bonds. The quantitative estimate of drug-likeness (QED) is 0.387. The molecule has 1 fully saturated rings. The number of hydrogen-bond donors (Lipinski definition) is 1. The Kier molecular flexibility index (Phi) is 7.30. The van der Waals surface area contributed by atoms with E-state index in [1.165, 1.54) is 4.90 Å². The van der Waals surface area contributed by atoms with Gasteiger partial charge in [0.2, 0.25) is 0 Å². The van der Waals surface area contributed by atoms with E-state index in [4.69, 9.17) is 4.74 Å². The number of Topliss-reactive ketones (excluding diaryl/α,β-unsaturated/α-hetero) is 1.